The van der Waals surface area contributed by atoms with Gasteiger partial charge in [-0.1, -0.05) is 46.3 Å². The first-order valence-electron chi connectivity index (χ1n) is 5.89. The summed E-state index contributed by atoms with van der Waals surface area (Å²) in [7, 11) is 0. The van der Waals surface area contributed by atoms with E-state index < -0.39 is 0 Å². The highest BCUT2D eigenvalue weighted by Crippen LogP contribution is 2.37. The van der Waals surface area contributed by atoms with Crippen LogP contribution in [0.4, 0.5) is 0 Å². The Kier molecular flexibility index (Phi) is 2.92. The minimum absolute atomic E-state index is 0.0264. The Morgan fingerprint density at radius 1 is 1.29 bits per heavy atom. The minimum atomic E-state index is -0.0264. The van der Waals surface area contributed by atoms with Crippen LogP contribution in [0.25, 0.3) is 0 Å². The van der Waals surface area contributed by atoms with Crippen LogP contribution in [0.5, 0.6) is 0 Å². The molecule has 1 aromatic carbocycles. The largest absolute Gasteiger partial charge is 0.349 e. The molecule has 2 heterocycles. The number of hydrogen-bond acceptors (Lipinski definition) is 2. The molecule has 0 aromatic heterocycles. The number of halogens is 1. The van der Waals surface area contributed by atoms with Crippen molar-refractivity contribution >= 4 is 21.8 Å². The van der Waals surface area contributed by atoms with Crippen molar-refractivity contribution in [3.63, 3.8) is 0 Å². The van der Waals surface area contributed by atoms with Crippen molar-refractivity contribution in [2.75, 3.05) is 6.54 Å². The van der Waals surface area contributed by atoms with E-state index in [1.165, 1.54) is 5.56 Å². The fraction of sp³-hybridized carbons (Fsp3) is 0.462. The molecule has 0 unspecified atom stereocenters. The van der Waals surface area contributed by atoms with Gasteiger partial charge in [-0.2, -0.15) is 0 Å². The third-order valence-electron chi connectivity index (χ3n) is 3.40. The Bertz CT molecular complexity index is 423. The zero-order valence-electron chi connectivity index (χ0n) is 9.38. The van der Waals surface area contributed by atoms with Crippen LogP contribution in [0.2, 0.25) is 0 Å². The molecule has 0 aliphatic carbocycles. The van der Waals surface area contributed by atoms with Crippen LogP contribution in [0, 0.1) is 0 Å². The van der Waals surface area contributed by atoms with Gasteiger partial charge in [0, 0.05) is 19.4 Å². The van der Waals surface area contributed by atoms with Crippen molar-refractivity contribution in [2.24, 2.45) is 0 Å². The van der Waals surface area contributed by atoms with E-state index in [4.69, 9.17) is 4.74 Å². The maximum atomic E-state index is 11.6. The summed E-state index contributed by atoms with van der Waals surface area (Å²) in [6, 6.07) is 10.2. The van der Waals surface area contributed by atoms with Crippen LogP contribution in [0.1, 0.15) is 24.5 Å². The molecule has 90 valence electrons. The van der Waals surface area contributed by atoms with E-state index in [0.29, 0.717) is 6.42 Å². The van der Waals surface area contributed by atoms with E-state index in [2.05, 4.69) is 28.1 Å². The first-order valence-corrected chi connectivity index (χ1v) is 6.81. The Morgan fingerprint density at radius 3 is 2.82 bits per heavy atom. The van der Waals surface area contributed by atoms with Crippen molar-refractivity contribution in [3.8, 4) is 0 Å². The highest BCUT2D eigenvalue weighted by Gasteiger charge is 2.41. The summed E-state index contributed by atoms with van der Waals surface area (Å²) in [4.78, 5) is 13.6. The summed E-state index contributed by atoms with van der Waals surface area (Å²) in [5, 5.41) is 0. The van der Waals surface area contributed by atoms with Crippen LogP contribution in [-0.4, -0.2) is 28.4 Å². The van der Waals surface area contributed by atoms with Crippen molar-refractivity contribution < 1.29 is 9.53 Å². The van der Waals surface area contributed by atoms with E-state index in [0.717, 1.165) is 13.0 Å². The maximum absolute atomic E-state index is 11.6. The molecule has 0 N–H and O–H groups in total. The zero-order chi connectivity index (χ0) is 11.8. The van der Waals surface area contributed by atoms with Gasteiger partial charge >= 0.3 is 0 Å². The van der Waals surface area contributed by atoms with Gasteiger partial charge in [-0.3, -0.25) is 4.79 Å². The maximum Gasteiger partial charge on any atom is 0.224 e. The van der Waals surface area contributed by atoms with Crippen molar-refractivity contribution in [1.82, 2.24) is 4.90 Å². The minimum Gasteiger partial charge on any atom is -0.349 e. The standard InChI is InChI=1S/C13H14BrNO2/c14-10-8-15-11(16)6-7-12(15)17-13(10)9-4-2-1-3-5-9/h1-5,10,12-13H,6-8H2/t10-,12-,13+/m1/s1. The number of rotatable bonds is 1. The Balaban J connectivity index is 1.82. The average molecular weight is 296 g/mol. The highest BCUT2D eigenvalue weighted by molar-refractivity contribution is 9.09. The molecule has 2 fully saturated rings. The number of nitrogens with zero attached hydrogens (tertiary/aromatic N) is 1. The normalized spacial score (nSPS) is 32.6. The Morgan fingerprint density at radius 2 is 2.06 bits per heavy atom. The van der Waals surface area contributed by atoms with Crippen LogP contribution >= 0.6 is 15.9 Å². The van der Waals surface area contributed by atoms with Crippen LogP contribution < -0.4 is 0 Å². The third-order valence-corrected chi connectivity index (χ3v) is 4.17. The molecule has 1 aromatic rings. The lowest BCUT2D eigenvalue weighted by atomic mass is 10.0. The summed E-state index contributed by atoms with van der Waals surface area (Å²) in [5.41, 5.74) is 1.17. The van der Waals surface area contributed by atoms with E-state index in [-0.39, 0.29) is 23.1 Å². The number of carbonyl (C=O) groups excluding carboxylic acids is 1. The monoisotopic (exact) mass is 295 g/mol. The van der Waals surface area contributed by atoms with Gasteiger partial charge in [0.15, 0.2) is 0 Å². The summed E-state index contributed by atoms with van der Waals surface area (Å²) in [6.45, 7) is 0.739. The molecular formula is C13H14BrNO2. The summed E-state index contributed by atoms with van der Waals surface area (Å²) < 4.78 is 6.04. The van der Waals surface area contributed by atoms with E-state index >= 15 is 0 Å². The molecule has 4 heteroatoms. The number of fused-ring (bicyclic) bond motifs is 1. The summed E-state index contributed by atoms with van der Waals surface area (Å²) in [5.74, 6) is 0.214. The second-order valence-electron chi connectivity index (χ2n) is 4.52. The number of carbonyl (C=O) groups is 1. The molecule has 2 aliphatic rings. The molecule has 0 radical (unpaired) electrons. The molecule has 0 saturated carbocycles. The molecule has 0 bridgehead atoms. The van der Waals surface area contributed by atoms with Crippen LogP contribution in [0.15, 0.2) is 30.3 Å². The molecular weight excluding hydrogens is 282 g/mol. The lowest BCUT2D eigenvalue weighted by Gasteiger charge is -2.38. The number of amides is 1. The molecule has 3 rings (SSSR count). The van der Waals surface area contributed by atoms with Gasteiger partial charge in [-0.15, -0.1) is 0 Å². The van der Waals surface area contributed by atoms with E-state index in [9.17, 15) is 4.79 Å². The second-order valence-corrected chi connectivity index (χ2v) is 5.70. The quantitative estimate of drug-likeness (QED) is 0.745. The lowest BCUT2D eigenvalue weighted by Crippen LogP contribution is -2.47. The smallest absolute Gasteiger partial charge is 0.224 e. The summed E-state index contributed by atoms with van der Waals surface area (Å²) >= 11 is 3.64. The lowest BCUT2D eigenvalue weighted by molar-refractivity contribution is -0.152. The molecule has 0 spiro atoms. The van der Waals surface area contributed by atoms with Gasteiger partial charge in [0.2, 0.25) is 5.91 Å². The predicted octanol–water partition coefficient (Wildman–Crippen LogP) is 2.47. The van der Waals surface area contributed by atoms with Gasteiger partial charge in [0.05, 0.1) is 10.9 Å². The molecule has 2 saturated heterocycles. The van der Waals surface area contributed by atoms with Gasteiger partial charge in [0.1, 0.15) is 6.23 Å². The molecule has 2 aliphatic heterocycles. The highest BCUT2D eigenvalue weighted by atomic mass is 79.9. The number of hydrogen-bond donors (Lipinski definition) is 0. The van der Waals surface area contributed by atoms with Gasteiger partial charge < -0.3 is 9.64 Å². The third kappa shape index (κ3) is 2.00. The summed E-state index contributed by atoms with van der Waals surface area (Å²) in [6.07, 6.45) is 1.46. The first kappa shape index (κ1) is 11.2. The van der Waals surface area contributed by atoms with Crippen molar-refractivity contribution in [2.45, 2.75) is 30.0 Å². The fourth-order valence-electron chi connectivity index (χ4n) is 2.54. The van der Waals surface area contributed by atoms with Crippen molar-refractivity contribution in [1.29, 1.82) is 0 Å². The Labute approximate surface area is 109 Å². The van der Waals surface area contributed by atoms with Gasteiger partial charge in [-0.05, 0) is 5.56 Å². The van der Waals surface area contributed by atoms with E-state index in [1.54, 1.807) is 0 Å². The predicted molar refractivity (Wildman–Crippen MR) is 67.7 cm³/mol. The van der Waals surface area contributed by atoms with Crippen molar-refractivity contribution in [3.05, 3.63) is 35.9 Å². The Hall–Kier alpha value is -0.870. The number of benzene rings is 1. The van der Waals surface area contributed by atoms with Crippen LogP contribution in [-0.2, 0) is 9.53 Å². The van der Waals surface area contributed by atoms with E-state index in [1.807, 2.05) is 23.1 Å². The molecule has 3 atom stereocenters. The second kappa shape index (κ2) is 4.42. The van der Waals surface area contributed by atoms with Gasteiger partial charge in [-0.25, -0.2) is 0 Å². The molecule has 3 nitrogen and oxygen atoms in total. The zero-order valence-corrected chi connectivity index (χ0v) is 11.0. The van der Waals surface area contributed by atoms with Crippen LogP contribution in [0.3, 0.4) is 0 Å². The SMILES string of the molecule is O=C1CC[C@H]2O[C@@H](c3ccccc3)[C@H](Br)CN12. The average Bonchev–Trinajstić information content (AvgIpc) is 2.71. The molecule has 17 heavy (non-hydrogen) atoms. The number of alkyl halides is 1. The molecule has 1 amide bonds. The fourth-order valence-corrected chi connectivity index (χ4v) is 3.28. The first-order chi connectivity index (χ1) is 8.25. The van der Waals surface area contributed by atoms with Gasteiger partial charge in [0.25, 0.3) is 0 Å². The number of ether oxygens (including phenoxy) is 1. The topological polar surface area (TPSA) is 29.5 Å².